The Morgan fingerprint density at radius 3 is 2.69 bits per heavy atom. The molecule has 1 aromatic carbocycles. The zero-order valence-corrected chi connectivity index (χ0v) is 18.9. The van der Waals surface area contributed by atoms with Gasteiger partial charge in [-0.2, -0.15) is 0 Å². The van der Waals surface area contributed by atoms with E-state index in [2.05, 4.69) is 22.2 Å². The third kappa shape index (κ3) is 5.84. The number of fused-ring (bicyclic) bond motifs is 1. The Bertz CT molecular complexity index is 951. The van der Waals surface area contributed by atoms with Gasteiger partial charge < -0.3 is 19.9 Å². The molecule has 1 unspecified atom stereocenters. The molecule has 1 amide bonds. The third-order valence-electron chi connectivity index (χ3n) is 6.63. The fraction of sp³-hybridized carbons (Fsp3) is 0.560. The number of aromatic amines is 1. The molecule has 1 aliphatic heterocycles. The number of hydrogen-bond donors (Lipinski definition) is 2. The Hall–Kier alpha value is -2.51. The summed E-state index contributed by atoms with van der Waals surface area (Å²) in [6, 6.07) is 9.68. The molecule has 2 aromatic rings. The van der Waals surface area contributed by atoms with Crippen molar-refractivity contribution in [3.63, 3.8) is 0 Å². The summed E-state index contributed by atoms with van der Waals surface area (Å²) < 4.78 is 5.96. The fourth-order valence-corrected chi connectivity index (χ4v) is 4.61. The van der Waals surface area contributed by atoms with Crippen LogP contribution in [-0.4, -0.2) is 60.2 Å². The van der Waals surface area contributed by atoms with Crippen molar-refractivity contribution in [2.75, 3.05) is 33.3 Å². The summed E-state index contributed by atoms with van der Waals surface area (Å²) in [5, 5.41) is 3.07. The van der Waals surface area contributed by atoms with Crippen molar-refractivity contribution in [3.05, 3.63) is 51.9 Å². The molecular weight excluding hydrogens is 404 g/mol. The fourth-order valence-electron chi connectivity index (χ4n) is 4.61. The SMILES string of the molecule is CN1CCC(OCCCNC(=O)C2CCc3nc(-c4ccccc4)[nH]c(=O)c3CC2)CC1. The molecule has 7 nitrogen and oxygen atoms in total. The molecule has 1 saturated heterocycles. The second-order valence-corrected chi connectivity index (χ2v) is 9.00. The van der Waals surface area contributed by atoms with Crippen molar-refractivity contribution in [3.8, 4) is 11.4 Å². The van der Waals surface area contributed by atoms with Crippen LogP contribution < -0.4 is 10.9 Å². The minimum atomic E-state index is -0.0847. The summed E-state index contributed by atoms with van der Waals surface area (Å²) in [7, 11) is 2.14. The minimum Gasteiger partial charge on any atom is -0.378 e. The molecule has 1 fully saturated rings. The smallest absolute Gasteiger partial charge is 0.254 e. The lowest BCUT2D eigenvalue weighted by Crippen LogP contribution is -2.35. The number of carbonyl (C=O) groups excluding carboxylic acids is 1. The summed E-state index contributed by atoms with van der Waals surface area (Å²) >= 11 is 0. The number of benzene rings is 1. The number of piperidine rings is 1. The van der Waals surface area contributed by atoms with Crippen molar-refractivity contribution in [2.45, 2.75) is 51.0 Å². The Kier molecular flexibility index (Phi) is 7.71. The van der Waals surface area contributed by atoms with Crippen LogP contribution in [-0.2, 0) is 22.4 Å². The van der Waals surface area contributed by atoms with Gasteiger partial charge in [0.25, 0.3) is 5.56 Å². The van der Waals surface area contributed by atoms with E-state index in [4.69, 9.17) is 9.72 Å². The average Bonchev–Trinajstić information content (AvgIpc) is 3.04. The van der Waals surface area contributed by atoms with E-state index >= 15 is 0 Å². The third-order valence-corrected chi connectivity index (χ3v) is 6.63. The van der Waals surface area contributed by atoms with E-state index < -0.39 is 0 Å². The van der Waals surface area contributed by atoms with Gasteiger partial charge in [0.05, 0.1) is 11.8 Å². The van der Waals surface area contributed by atoms with Crippen LogP contribution in [0.5, 0.6) is 0 Å². The normalized spacial score (nSPS) is 19.8. The van der Waals surface area contributed by atoms with Crippen molar-refractivity contribution in [1.29, 1.82) is 0 Å². The molecule has 32 heavy (non-hydrogen) atoms. The van der Waals surface area contributed by atoms with E-state index in [1.165, 1.54) is 0 Å². The van der Waals surface area contributed by atoms with Crippen molar-refractivity contribution in [1.82, 2.24) is 20.2 Å². The van der Waals surface area contributed by atoms with Gasteiger partial charge in [0.2, 0.25) is 5.91 Å². The number of amides is 1. The summed E-state index contributed by atoms with van der Waals surface area (Å²) in [4.78, 5) is 35.4. The second-order valence-electron chi connectivity index (χ2n) is 9.00. The number of hydrogen-bond acceptors (Lipinski definition) is 5. The second kappa shape index (κ2) is 10.9. The maximum atomic E-state index is 12.7. The number of carbonyl (C=O) groups is 1. The molecule has 0 radical (unpaired) electrons. The van der Waals surface area contributed by atoms with Gasteiger partial charge >= 0.3 is 0 Å². The quantitative estimate of drug-likeness (QED) is 0.512. The number of ether oxygens (including phenoxy) is 1. The molecule has 0 spiro atoms. The van der Waals surface area contributed by atoms with E-state index in [1.54, 1.807) is 0 Å². The van der Waals surface area contributed by atoms with Gasteiger partial charge in [-0.05, 0) is 52.0 Å². The molecule has 2 heterocycles. The van der Waals surface area contributed by atoms with Crippen molar-refractivity contribution in [2.24, 2.45) is 5.92 Å². The van der Waals surface area contributed by atoms with Gasteiger partial charge in [0.1, 0.15) is 5.82 Å². The number of nitrogens with zero attached hydrogens (tertiary/aromatic N) is 2. The van der Waals surface area contributed by atoms with Crippen molar-refractivity contribution < 1.29 is 9.53 Å². The highest BCUT2D eigenvalue weighted by Crippen LogP contribution is 2.23. The Morgan fingerprint density at radius 2 is 1.91 bits per heavy atom. The van der Waals surface area contributed by atoms with E-state index in [0.29, 0.717) is 44.3 Å². The van der Waals surface area contributed by atoms with E-state index in [-0.39, 0.29) is 17.4 Å². The summed E-state index contributed by atoms with van der Waals surface area (Å²) in [6.45, 7) is 3.50. The number of aryl methyl sites for hydroxylation is 1. The predicted octanol–water partition coefficient (Wildman–Crippen LogP) is 2.55. The highest BCUT2D eigenvalue weighted by atomic mass is 16.5. The first-order valence-electron chi connectivity index (χ1n) is 11.9. The van der Waals surface area contributed by atoms with Crippen LogP contribution >= 0.6 is 0 Å². The lowest BCUT2D eigenvalue weighted by atomic mass is 9.99. The van der Waals surface area contributed by atoms with E-state index in [9.17, 15) is 9.59 Å². The molecule has 2 aliphatic rings. The molecular formula is C25H34N4O3. The number of H-pyrrole nitrogens is 1. The van der Waals surface area contributed by atoms with E-state index in [1.807, 2.05) is 30.3 Å². The van der Waals surface area contributed by atoms with Crippen LogP contribution in [0.2, 0.25) is 0 Å². The number of nitrogens with one attached hydrogen (secondary N) is 2. The summed E-state index contributed by atoms with van der Waals surface area (Å²) in [5.74, 6) is 0.595. The van der Waals surface area contributed by atoms with E-state index in [0.717, 1.165) is 55.6 Å². The zero-order valence-electron chi connectivity index (χ0n) is 18.9. The van der Waals surface area contributed by atoms with Crippen LogP contribution in [0.3, 0.4) is 0 Å². The predicted molar refractivity (Wildman–Crippen MR) is 125 cm³/mol. The zero-order chi connectivity index (χ0) is 22.3. The topological polar surface area (TPSA) is 87.3 Å². The summed E-state index contributed by atoms with van der Waals surface area (Å²) in [5.41, 5.74) is 2.37. The number of likely N-dealkylation sites (tertiary alicyclic amines) is 1. The largest absolute Gasteiger partial charge is 0.378 e. The molecule has 7 heteroatoms. The Labute approximate surface area is 189 Å². The molecule has 2 N–H and O–H groups in total. The van der Waals surface area contributed by atoms with Gasteiger partial charge in [0.15, 0.2) is 0 Å². The van der Waals surface area contributed by atoms with Crippen LogP contribution in [0.25, 0.3) is 11.4 Å². The van der Waals surface area contributed by atoms with Gasteiger partial charge in [0, 0.05) is 43.3 Å². The van der Waals surface area contributed by atoms with Gasteiger partial charge in [-0.3, -0.25) is 9.59 Å². The molecule has 0 saturated carbocycles. The highest BCUT2D eigenvalue weighted by Gasteiger charge is 2.25. The van der Waals surface area contributed by atoms with Crippen LogP contribution in [0.15, 0.2) is 35.1 Å². The first-order valence-corrected chi connectivity index (χ1v) is 11.9. The Morgan fingerprint density at radius 1 is 1.16 bits per heavy atom. The van der Waals surface area contributed by atoms with Crippen LogP contribution in [0.4, 0.5) is 0 Å². The lowest BCUT2D eigenvalue weighted by Gasteiger charge is -2.28. The standard InChI is InChI=1S/C25H34N4O3/c1-29-15-12-20(13-16-29)32-17-5-14-26-24(30)19-8-10-21-22(11-9-19)27-23(28-25(21)31)18-6-3-2-4-7-18/h2-4,6-7,19-20H,5,8-17H2,1H3,(H,26,30)(H,27,28,31). The van der Waals surface area contributed by atoms with Crippen LogP contribution in [0, 0.1) is 5.92 Å². The average molecular weight is 439 g/mol. The van der Waals surface area contributed by atoms with Crippen molar-refractivity contribution >= 4 is 5.91 Å². The lowest BCUT2D eigenvalue weighted by molar-refractivity contribution is -0.125. The minimum absolute atomic E-state index is 0.0804. The molecule has 1 aliphatic carbocycles. The monoisotopic (exact) mass is 438 g/mol. The first kappa shape index (κ1) is 22.7. The molecule has 0 bridgehead atoms. The van der Waals surface area contributed by atoms with Gasteiger partial charge in [-0.1, -0.05) is 30.3 Å². The van der Waals surface area contributed by atoms with Gasteiger partial charge in [-0.25, -0.2) is 4.98 Å². The highest BCUT2D eigenvalue weighted by molar-refractivity contribution is 5.78. The molecule has 4 rings (SSSR count). The summed E-state index contributed by atoms with van der Waals surface area (Å²) in [6.07, 6.45) is 5.99. The number of aromatic nitrogens is 2. The number of rotatable bonds is 7. The first-order chi connectivity index (χ1) is 15.6. The molecule has 1 aromatic heterocycles. The maximum absolute atomic E-state index is 12.7. The molecule has 1 atom stereocenters. The van der Waals surface area contributed by atoms with Gasteiger partial charge in [-0.15, -0.1) is 0 Å². The maximum Gasteiger partial charge on any atom is 0.254 e. The van der Waals surface area contributed by atoms with Crippen LogP contribution in [0.1, 0.15) is 43.4 Å². The Balaban J connectivity index is 1.25. The molecule has 172 valence electrons.